The number of amides is 5. The van der Waals surface area contributed by atoms with Crippen LogP contribution in [0.25, 0.3) is 0 Å². The second-order valence-corrected chi connectivity index (χ2v) is 13.4. The van der Waals surface area contributed by atoms with E-state index >= 15 is 0 Å². The van der Waals surface area contributed by atoms with Gasteiger partial charge in [0.15, 0.2) is 0 Å². The molecular formula is C41H47N7O4. The molecule has 0 aliphatic carbocycles. The van der Waals surface area contributed by atoms with E-state index in [1.165, 1.54) is 0 Å². The summed E-state index contributed by atoms with van der Waals surface area (Å²) in [6.07, 6.45) is 2.45. The number of nitrogens with one attached hydrogen (secondary N) is 5. The highest BCUT2D eigenvalue weighted by Gasteiger charge is 2.34. The first-order chi connectivity index (χ1) is 25.1. The third-order valence-corrected chi connectivity index (χ3v) is 9.72. The Morgan fingerprint density at radius 1 is 0.577 bits per heavy atom. The van der Waals surface area contributed by atoms with Crippen LogP contribution < -0.4 is 36.4 Å². The first-order valence-electron chi connectivity index (χ1n) is 18.0. The van der Waals surface area contributed by atoms with Gasteiger partial charge in [0.1, 0.15) is 0 Å². The van der Waals surface area contributed by atoms with Gasteiger partial charge in [0, 0.05) is 59.0 Å². The SMILES string of the molecule is CCC(=O)N1c2ccccc2[C@H](Nc2ccc(NC(=O)CNC(=O)Nc3ccc(N[C@@H]4C[C@H](C)N(C(=O)CC)c5ccccc54)cc3)cc2)CC1C. The Morgan fingerprint density at radius 3 is 1.42 bits per heavy atom. The maximum Gasteiger partial charge on any atom is 0.319 e. The van der Waals surface area contributed by atoms with E-state index < -0.39 is 6.03 Å². The molecule has 5 amide bonds. The highest BCUT2D eigenvalue weighted by Crippen LogP contribution is 2.40. The lowest BCUT2D eigenvalue weighted by atomic mass is 9.91. The quantitative estimate of drug-likeness (QED) is 0.114. The van der Waals surface area contributed by atoms with E-state index in [0.29, 0.717) is 24.2 Å². The fourth-order valence-electron chi connectivity index (χ4n) is 7.24. The van der Waals surface area contributed by atoms with Crippen molar-refractivity contribution in [3.05, 3.63) is 108 Å². The van der Waals surface area contributed by atoms with Gasteiger partial charge in [-0.15, -0.1) is 0 Å². The van der Waals surface area contributed by atoms with Crippen molar-refractivity contribution in [2.24, 2.45) is 0 Å². The molecule has 6 rings (SSSR count). The normalized spacial score (nSPS) is 19.1. The summed E-state index contributed by atoms with van der Waals surface area (Å²) in [7, 11) is 0. The van der Waals surface area contributed by atoms with E-state index in [4.69, 9.17) is 0 Å². The highest BCUT2D eigenvalue weighted by molar-refractivity contribution is 5.98. The second kappa shape index (κ2) is 16.0. The number of carbonyl (C=O) groups is 4. The number of anilines is 6. The molecule has 0 fully saturated rings. The molecule has 2 aliphatic heterocycles. The van der Waals surface area contributed by atoms with Gasteiger partial charge in [-0.25, -0.2) is 4.79 Å². The summed E-state index contributed by atoms with van der Waals surface area (Å²) < 4.78 is 0. The minimum absolute atomic E-state index is 0.0308. The van der Waals surface area contributed by atoms with E-state index in [-0.39, 0.29) is 48.4 Å². The largest absolute Gasteiger partial charge is 0.378 e. The summed E-state index contributed by atoms with van der Waals surface area (Å²) in [4.78, 5) is 54.4. The summed E-state index contributed by atoms with van der Waals surface area (Å²) >= 11 is 0. The molecule has 5 N–H and O–H groups in total. The van der Waals surface area contributed by atoms with E-state index in [1.807, 2.05) is 96.4 Å². The van der Waals surface area contributed by atoms with Crippen molar-refractivity contribution in [3.63, 3.8) is 0 Å². The van der Waals surface area contributed by atoms with E-state index in [1.54, 1.807) is 12.1 Å². The topological polar surface area (TPSA) is 135 Å². The standard InChI is InChI=1S/C41H47N7O4/c1-5-39(50)47-26(3)23-34(32-11-7-9-13-36(32)47)43-28-15-19-30(20-16-28)45-38(49)25-42-41(52)46-31-21-17-29(18-22-31)44-35-24-27(4)48(40(51)6-2)37-14-10-8-12-33(35)37/h7-22,26-27,34-35,43-44H,5-6,23-25H2,1-4H3,(H,45,49)(H2,42,46,52)/t26?,27-,34+,35+/m0/s1. The van der Waals surface area contributed by atoms with Crippen LogP contribution in [-0.4, -0.2) is 42.4 Å². The fourth-order valence-corrected chi connectivity index (χ4v) is 7.24. The lowest BCUT2D eigenvalue weighted by molar-refractivity contribution is -0.119. The van der Waals surface area contributed by atoms with Crippen molar-refractivity contribution >= 4 is 57.9 Å². The average molecular weight is 702 g/mol. The van der Waals surface area contributed by atoms with Gasteiger partial charge in [-0.1, -0.05) is 50.2 Å². The first kappa shape index (κ1) is 36.0. The molecule has 0 saturated carbocycles. The van der Waals surface area contributed by atoms with Crippen molar-refractivity contribution in [1.29, 1.82) is 0 Å². The van der Waals surface area contributed by atoms with Gasteiger partial charge in [-0.3, -0.25) is 14.4 Å². The molecule has 2 aliphatic rings. The molecule has 11 nitrogen and oxygen atoms in total. The molecule has 4 atom stereocenters. The van der Waals surface area contributed by atoms with E-state index in [9.17, 15) is 19.2 Å². The molecule has 0 aromatic heterocycles. The number of hydrogen-bond donors (Lipinski definition) is 5. The van der Waals surface area contributed by atoms with Crippen LogP contribution in [0.3, 0.4) is 0 Å². The van der Waals surface area contributed by atoms with Crippen LogP contribution >= 0.6 is 0 Å². The van der Waals surface area contributed by atoms with Crippen LogP contribution in [0, 0.1) is 0 Å². The van der Waals surface area contributed by atoms with E-state index in [0.717, 1.165) is 46.7 Å². The number of rotatable bonds is 10. The number of urea groups is 1. The molecule has 2 heterocycles. The van der Waals surface area contributed by atoms with Crippen molar-refractivity contribution in [1.82, 2.24) is 5.32 Å². The summed E-state index contributed by atoms with van der Waals surface area (Å²) in [5, 5.41) is 15.4. The monoisotopic (exact) mass is 701 g/mol. The molecule has 1 unspecified atom stereocenters. The first-order valence-corrected chi connectivity index (χ1v) is 18.0. The third-order valence-electron chi connectivity index (χ3n) is 9.72. The predicted octanol–water partition coefficient (Wildman–Crippen LogP) is 7.82. The molecule has 270 valence electrons. The van der Waals surface area contributed by atoms with Crippen LogP contribution in [0.5, 0.6) is 0 Å². The average Bonchev–Trinajstić information content (AvgIpc) is 3.15. The lowest BCUT2D eigenvalue weighted by Gasteiger charge is -2.40. The van der Waals surface area contributed by atoms with Gasteiger partial charge in [-0.2, -0.15) is 0 Å². The Balaban J connectivity index is 0.972. The number of nitrogens with zero attached hydrogens (tertiary/aromatic N) is 2. The third kappa shape index (κ3) is 8.04. The zero-order valence-electron chi connectivity index (χ0n) is 30.1. The Labute approximate surface area is 305 Å². The summed E-state index contributed by atoms with van der Waals surface area (Å²) in [6, 6.07) is 30.5. The van der Waals surface area contributed by atoms with Crippen LogP contribution in [0.1, 0.15) is 76.6 Å². The van der Waals surface area contributed by atoms with Crippen molar-refractivity contribution in [2.45, 2.75) is 77.5 Å². The van der Waals surface area contributed by atoms with Gasteiger partial charge in [0.25, 0.3) is 0 Å². The maximum atomic E-state index is 12.7. The minimum Gasteiger partial charge on any atom is -0.378 e. The Bertz CT molecular complexity index is 1770. The Hall–Kier alpha value is -5.84. The minimum atomic E-state index is -0.493. The molecule has 52 heavy (non-hydrogen) atoms. The number of carbonyl (C=O) groups excluding carboxylic acids is 4. The predicted molar refractivity (Wildman–Crippen MR) is 208 cm³/mol. The molecule has 0 spiro atoms. The molecule has 0 saturated heterocycles. The number of benzene rings is 4. The summed E-state index contributed by atoms with van der Waals surface area (Å²) in [6.45, 7) is 7.71. The molecule has 11 heteroatoms. The second-order valence-electron chi connectivity index (χ2n) is 13.4. The van der Waals surface area contributed by atoms with Crippen LogP contribution in [0.4, 0.5) is 38.9 Å². The molecule has 0 radical (unpaired) electrons. The molecule has 4 aromatic carbocycles. The van der Waals surface area contributed by atoms with Gasteiger partial charge in [0.05, 0.1) is 18.6 Å². The smallest absolute Gasteiger partial charge is 0.319 e. The van der Waals surface area contributed by atoms with Crippen LogP contribution in [-0.2, 0) is 14.4 Å². The maximum absolute atomic E-state index is 12.7. The zero-order valence-corrected chi connectivity index (χ0v) is 30.1. The van der Waals surface area contributed by atoms with Gasteiger partial charge < -0.3 is 36.4 Å². The van der Waals surface area contributed by atoms with Crippen molar-refractivity contribution in [3.8, 4) is 0 Å². The molecule has 4 aromatic rings. The van der Waals surface area contributed by atoms with Crippen LogP contribution in [0.2, 0.25) is 0 Å². The Kier molecular flexibility index (Phi) is 11.1. The van der Waals surface area contributed by atoms with Crippen LogP contribution in [0.15, 0.2) is 97.1 Å². The summed E-state index contributed by atoms with van der Waals surface area (Å²) in [5.74, 6) is -0.125. The van der Waals surface area contributed by atoms with Gasteiger partial charge >= 0.3 is 6.03 Å². The highest BCUT2D eigenvalue weighted by atomic mass is 16.2. The number of hydrogen-bond acceptors (Lipinski definition) is 6. The Morgan fingerprint density at radius 2 is 0.981 bits per heavy atom. The summed E-state index contributed by atoms with van der Waals surface area (Å²) in [5.41, 5.74) is 7.02. The van der Waals surface area contributed by atoms with Crippen molar-refractivity contribution in [2.75, 3.05) is 37.6 Å². The fraction of sp³-hybridized carbons (Fsp3) is 0.317. The number of para-hydroxylation sites is 2. The van der Waals surface area contributed by atoms with Crippen molar-refractivity contribution < 1.29 is 19.2 Å². The van der Waals surface area contributed by atoms with Gasteiger partial charge in [0.2, 0.25) is 17.7 Å². The zero-order chi connectivity index (χ0) is 36.8. The van der Waals surface area contributed by atoms with E-state index in [2.05, 4.69) is 52.6 Å². The molecular weight excluding hydrogens is 654 g/mol. The number of fused-ring (bicyclic) bond motifs is 2. The van der Waals surface area contributed by atoms with Gasteiger partial charge in [-0.05, 0) is 98.5 Å². The molecule has 0 bridgehead atoms. The lowest BCUT2D eigenvalue weighted by Crippen LogP contribution is -2.44.